The van der Waals surface area contributed by atoms with Crippen molar-refractivity contribution >= 4 is 24.2 Å². The molecule has 0 aliphatic carbocycles. The average Bonchev–Trinajstić information content (AvgIpc) is 2.57. The molecule has 0 spiro atoms. The molecule has 1 unspecified atom stereocenters. The van der Waals surface area contributed by atoms with Gasteiger partial charge in [0, 0.05) is 23.4 Å². The number of aliphatic hydroxyl groups excluding tert-OH is 1. The number of piperidine rings is 1. The van der Waals surface area contributed by atoms with E-state index in [4.69, 9.17) is 9.47 Å². The number of nitrogens with zero attached hydrogens (tertiary/aromatic N) is 1. The molecule has 27 heavy (non-hydrogen) atoms. The molecule has 1 N–H and O–H groups in total. The molecule has 2 rings (SSSR count). The molecule has 4 nitrogen and oxygen atoms in total. The molecule has 156 valence electrons. The minimum Gasteiger partial charge on any atom is -0.489 e. The fourth-order valence-electron chi connectivity index (χ4n) is 3.91. The lowest BCUT2D eigenvalue weighted by Gasteiger charge is -2.53. The number of aliphatic hydroxyl groups is 1. The molecule has 1 aromatic rings. The monoisotopic (exact) mass is 417 g/mol. The van der Waals surface area contributed by atoms with Crippen LogP contribution < -0.4 is 9.47 Å². The lowest BCUT2D eigenvalue weighted by atomic mass is 9.79. The highest BCUT2D eigenvalue weighted by Crippen LogP contribution is 2.38. The number of hydrogen-bond acceptors (Lipinski definition) is 5. The van der Waals surface area contributed by atoms with Crippen molar-refractivity contribution < 1.29 is 14.6 Å². The largest absolute Gasteiger partial charge is 0.489 e. The number of para-hydroxylation sites is 2. The second-order valence-corrected chi connectivity index (χ2v) is 9.33. The van der Waals surface area contributed by atoms with Crippen LogP contribution in [0.1, 0.15) is 47.0 Å². The molecular formula is C21H36ClNO3S. The van der Waals surface area contributed by atoms with E-state index in [1.165, 1.54) is 6.42 Å². The van der Waals surface area contributed by atoms with Crippen LogP contribution in [0.5, 0.6) is 11.5 Å². The first-order valence-corrected chi connectivity index (χ1v) is 10.9. The van der Waals surface area contributed by atoms with Crippen molar-refractivity contribution in [1.82, 2.24) is 4.90 Å². The number of benzene rings is 1. The lowest BCUT2D eigenvalue weighted by Crippen LogP contribution is -2.60. The van der Waals surface area contributed by atoms with E-state index in [9.17, 15) is 5.11 Å². The number of halogens is 1. The molecule has 1 heterocycles. The smallest absolute Gasteiger partial charge is 0.161 e. The zero-order valence-electron chi connectivity index (χ0n) is 17.4. The van der Waals surface area contributed by atoms with Crippen LogP contribution in [0.25, 0.3) is 0 Å². The van der Waals surface area contributed by atoms with Gasteiger partial charge in [0.2, 0.25) is 0 Å². The molecule has 1 atom stereocenters. The molecular weight excluding hydrogens is 382 g/mol. The quantitative estimate of drug-likeness (QED) is 0.593. The summed E-state index contributed by atoms with van der Waals surface area (Å²) in [6.07, 6.45) is 5.09. The third-order valence-corrected chi connectivity index (χ3v) is 5.83. The summed E-state index contributed by atoms with van der Waals surface area (Å²) < 4.78 is 11.7. The summed E-state index contributed by atoms with van der Waals surface area (Å²) in [5.74, 6) is 2.38. The van der Waals surface area contributed by atoms with Gasteiger partial charge in [-0.3, -0.25) is 4.90 Å². The van der Waals surface area contributed by atoms with Crippen LogP contribution in [0.3, 0.4) is 0 Å². The summed E-state index contributed by atoms with van der Waals surface area (Å²) >= 11 is 1.75. The maximum Gasteiger partial charge on any atom is 0.161 e. The van der Waals surface area contributed by atoms with Gasteiger partial charge >= 0.3 is 0 Å². The summed E-state index contributed by atoms with van der Waals surface area (Å²) in [6, 6.07) is 7.69. The molecule has 1 fully saturated rings. The summed E-state index contributed by atoms with van der Waals surface area (Å²) in [5.41, 5.74) is 0.198. The Morgan fingerprint density at radius 1 is 1.07 bits per heavy atom. The van der Waals surface area contributed by atoms with Crippen molar-refractivity contribution in [2.75, 3.05) is 31.8 Å². The Bertz CT molecular complexity index is 552. The van der Waals surface area contributed by atoms with Gasteiger partial charge in [-0.2, -0.15) is 11.8 Å². The van der Waals surface area contributed by atoms with Crippen LogP contribution in [0.2, 0.25) is 0 Å². The highest BCUT2D eigenvalue weighted by molar-refractivity contribution is 7.98. The van der Waals surface area contributed by atoms with E-state index in [1.54, 1.807) is 11.8 Å². The summed E-state index contributed by atoms with van der Waals surface area (Å²) in [4.78, 5) is 2.44. The van der Waals surface area contributed by atoms with E-state index in [2.05, 4.69) is 38.9 Å². The van der Waals surface area contributed by atoms with E-state index in [0.717, 1.165) is 24.3 Å². The minimum atomic E-state index is -0.536. The first-order chi connectivity index (χ1) is 12.3. The molecule has 0 bridgehead atoms. The van der Waals surface area contributed by atoms with Gasteiger partial charge in [0.15, 0.2) is 11.5 Å². The minimum absolute atomic E-state index is 0. The number of rotatable bonds is 9. The molecule has 1 aromatic carbocycles. The molecule has 1 aliphatic rings. The van der Waals surface area contributed by atoms with Crippen molar-refractivity contribution in [1.29, 1.82) is 0 Å². The second kappa shape index (κ2) is 10.8. The third kappa shape index (κ3) is 7.04. The molecule has 0 radical (unpaired) electrons. The molecule has 1 saturated heterocycles. The first-order valence-electron chi connectivity index (χ1n) is 9.56. The average molecular weight is 418 g/mol. The van der Waals surface area contributed by atoms with Crippen LogP contribution in [0.4, 0.5) is 0 Å². The third-order valence-electron chi connectivity index (χ3n) is 5.26. The van der Waals surface area contributed by atoms with E-state index in [0.29, 0.717) is 18.9 Å². The predicted molar refractivity (Wildman–Crippen MR) is 118 cm³/mol. The van der Waals surface area contributed by atoms with Crippen LogP contribution in [0.15, 0.2) is 24.3 Å². The maximum atomic E-state index is 10.6. The summed E-state index contributed by atoms with van der Waals surface area (Å²) in [6.45, 7) is 10.6. The Kier molecular flexibility index (Phi) is 9.76. The van der Waals surface area contributed by atoms with E-state index in [1.807, 2.05) is 24.3 Å². The van der Waals surface area contributed by atoms with Crippen molar-refractivity contribution in [3.05, 3.63) is 24.3 Å². The van der Waals surface area contributed by atoms with Crippen LogP contribution in [-0.4, -0.2) is 59.0 Å². The van der Waals surface area contributed by atoms with E-state index >= 15 is 0 Å². The summed E-state index contributed by atoms with van der Waals surface area (Å²) in [7, 11) is 0. The van der Waals surface area contributed by atoms with Gasteiger partial charge in [0.05, 0.1) is 6.61 Å². The Balaban J connectivity index is 0.00000364. The van der Waals surface area contributed by atoms with E-state index in [-0.39, 0.29) is 30.1 Å². The van der Waals surface area contributed by atoms with Gasteiger partial charge in [0.25, 0.3) is 0 Å². The van der Waals surface area contributed by atoms with Crippen LogP contribution >= 0.6 is 24.2 Å². The standard InChI is InChI=1S/C21H35NO3S.ClH/c1-20(2)11-8-12-21(3,4)22(20)15-17(23)16-25-19-10-7-6-9-18(19)24-13-14-26-5;/h6-7,9-10,17,23H,8,11-16H2,1-5H3;1H. The lowest BCUT2D eigenvalue weighted by molar-refractivity contribution is -0.0608. The number of ether oxygens (including phenoxy) is 2. The Morgan fingerprint density at radius 2 is 1.63 bits per heavy atom. The van der Waals surface area contributed by atoms with Gasteiger partial charge in [-0.1, -0.05) is 12.1 Å². The number of thioether (sulfide) groups is 1. The van der Waals surface area contributed by atoms with Crippen LogP contribution in [-0.2, 0) is 0 Å². The molecule has 0 saturated carbocycles. The van der Waals surface area contributed by atoms with Crippen molar-refractivity contribution in [3.8, 4) is 11.5 Å². The van der Waals surface area contributed by atoms with Gasteiger partial charge in [-0.25, -0.2) is 0 Å². The van der Waals surface area contributed by atoms with Gasteiger partial charge in [-0.05, 0) is 65.3 Å². The zero-order chi connectivity index (χ0) is 19.2. The predicted octanol–water partition coefficient (Wildman–Crippen LogP) is 4.63. The highest BCUT2D eigenvalue weighted by atomic mass is 35.5. The van der Waals surface area contributed by atoms with Gasteiger partial charge < -0.3 is 14.6 Å². The highest BCUT2D eigenvalue weighted by Gasteiger charge is 2.41. The Morgan fingerprint density at radius 3 is 2.19 bits per heavy atom. The fraction of sp³-hybridized carbons (Fsp3) is 0.714. The number of hydrogen-bond donors (Lipinski definition) is 1. The molecule has 1 aliphatic heterocycles. The Hall–Kier alpha value is -0.620. The fourth-order valence-corrected chi connectivity index (χ4v) is 4.16. The van der Waals surface area contributed by atoms with Crippen LogP contribution in [0, 0.1) is 0 Å². The topological polar surface area (TPSA) is 41.9 Å². The maximum absolute atomic E-state index is 10.6. The number of likely N-dealkylation sites (tertiary alicyclic amines) is 1. The zero-order valence-corrected chi connectivity index (χ0v) is 19.0. The summed E-state index contributed by atoms with van der Waals surface area (Å²) in [5, 5.41) is 10.6. The molecule has 0 amide bonds. The van der Waals surface area contributed by atoms with Gasteiger partial charge in [0.1, 0.15) is 12.7 Å². The number of β-amino-alcohol motifs (C(OH)–C–C–N with tert-alkyl or cyclic N) is 1. The molecule has 0 aromatic heterocycles. The van der Waals surface area contributed by atoms with Crippen molar-refractivity contribution in [2.45, 2.75) is 64.1 Å². The van der Waals surface area contributed by atoms with Gasteiger partial charge in [-0.15, -0.1) is 12.4 Å². The molecule has 6 heteroatoms. The normalized spacial score (nSPS) is 19.8. The SMILES string of the molecule is CSCCOc1ccccc1OCC(O)CN1C(C)(C)CCCC1(C)C.Cl. The second-order valence-electron chi connectivity index (χ2n) is 8.34. The Labute approximate surface area is 175 Å². The first kappa shape index (κ1) is 24.4. The van der Waals surface area contributed by atoms with Crippen molar-refractivity contribution in [3.63, 3.8) is 0 Å². The van der Waals surface area contributed by atoms with E-state index < -0.39 is 6.10 Å². The van der Waals surface area contributed by atoms with Crippen molar-refractivity contribution in [2.24, 2.45) is 0 Å².